The monoisotopic (exact) mass is 362 g/mol. The van der Waals surface area contributed by atoms with E-state index < -0.39 is 5.82 Å². The molecule has 0 aliphatic heterocycles. The first-order chi connectivity index (χ1) is 11.5. The summed E-state index contributed by atoms with van der Waals surface area (Å²) < 4.78 is 13.3. The van der Waals surface area contributed by atoms with Gasteiger partial charge in [0.05, 0.1) is 5.02 Å². The second-order valence-corrected chi connectivity index (χ2v) is 7.04. The number of nitrogens with zero attached hydrogens (tertiary/aromatic N) is 1. The molecule has 0 unspecified atom stereocenters. The van der Waals surface area contributed by atoms with Gasteiger partial charge in [-0.25, -0.2) is 4.39 Å². The predicted octanol–water partition coefficient (Wildman–Crippen LogP) is 5.48. The quantitative estimate of drug-likeness (QED) is 0.709. The van der Waals surface area contributed by atoms with E-state index in [9.17, 15) is 4.39 Å². The molecule has 0 bridgehead atoms. The summed E-state index contributed by atoms with van der Waals surface area (Å²) in [5.74, 6) is 0.255. The van der Waals surface area contributed by atoms with E-state index in [0.717, 1.165) is 6.54 Å². The van der Waals surface area contributed by atoms with Gasteiger partial charge in [0.15, 0.2) is 5.11 Å². The summed E-state index contributed by atoms with van der Waals surface area (Å²) in [6, 6.07) is 15.2. The third-order valence-corrected chi connectivity index (χ3v) is 5.05. The Morgan fingerprint density at radius 2 is 2.00 bits per heavy atom. The summed E-state index contributed by atoms with van der Waals surface area (Å²) in [5.41, 5.74) is 1.92. The van der Waals surface area contributed by atoms with Crippen LogP contribution in [0.15, 0.2) is 48.5 Å². The van der Waals surface area contributed by atoms with Gasteiger partial charge in [0, 0.05) is 18.3 Å². The molecule has 0 spiro atoms. The number of anilines is 1. The Hall–Kier alpha value is -1.65. The van der Waals surface area contributed by atoms with Crippen molar-refractivity contribution >= 4 is 34.6 Å². The Morgan fingerprint density at radius 3 is 2.62 bits per heavy atom. The standard InChI is InChI=1S/C19H20ClFN2S/c1-13(15-7-8-15)23(12-14-5-3-2-4-6-14)19(24)22-16-9-10-18(21)17(20)11-16/h2-6,9-11,13,15H,7-8,12H2,1H3,(H,22,24)/t13-/m0/s1. The third kappa shape index (κ3) is 4.25. The molecule has 2 aromatic carbocycles. The summed E-state index contributed by atoms with van der Waals surface area (Å²) in [6.07, 6.45) is 2.49. The molecule has 0 aromatic heterocycles. The maximum atomic E-state index is 13.3. The maximum absolute atomic E-state index is 13.3. The zero-order chi connectivity index (χ0) is 17.1. The summed E-state index contributed by atoms with van der Waals surface area (Å²) in [6.45, 7) is 2.96. The van der Waals surface area contributed by atoms with Crippen LogP contribution in [0.3, 0.4) is 0 Å². The minimum absolute atomic E-state index is 0.0904. The second kappa shape index (κ2) is 7.49. The number of benzene rings is 2. The van der Waals surface area contributed by atoms with Crippen molar-refractivity contribution in [2.75, 3.05) is 5.32 Å². The zero-order valence-corrected chi connectivity index (χ0v) is 15.1. The molecule has 1 N–H and O–H groups in total. The van der Waals surface area contributed by atoms with E-state index in [1.54, 1.807) is 12.1 Å². The van der Waals surface area contributed by atoms with E-state index in [2.05, 4.69) is 29.3 Å². The number of halogens is 2. The highest BCUT2D eigenvalue weighted by molar-refractivity contribution is 7.80. The van der Waals surface area contributed by atoms with E-state index in [1.165, 1.54) is 24.5 Å². The highest BCUT2D eigenvalue weighted by Gasteiger charge is 2.33. The summed E-state index contributed by atoms with van der Waals surface area (Å²) in [4.78, 5) is 2.21. The van der Waals surface area contributed by atoms with Gasteiger partial charge in [0.25, 0.3) is 0 Å². The predicted molar refractivity (Wildman–Crippen MR) is 102 cm³/mol. The average Bonchev–Trinajstić information content (AvgIpc) is 3.41. The van der Waals surface area contributed by atoms with E-state index in [1.807, 2.05) is 18.2 Å². The smallest absolute Gasteiger partial charge is 0.173 e. The van der Waals surface area contributed by atoms with Gasteiger partial charge in [-0.05, 0) is 61.7 Å². The van der Waals surface area contributed by atoms with Crippen LogP contribution < -0.4 is 5.32 Å². The molecule has 2 aromatic rings. The molecule has 0 radical (unpaired) electrons. The van der Waals surface area contributed by atoms with Crippen molar-refractivity contribution in [1.82, 2.24) is 4.90 Å². The molecule has 1 saturated carbocycles. The van der Waals surface area contributed by atoms with Crippen molar-refractivity contribution in [2.45, 2.75) is 32.4 Å². The Morgan fingerprint density at radius 1 is 1.29 bits per heavy atom. The van der Waals surface area contributed by atoms with Gasteiger partial charge in [-0.1, -0.05) is 41.9 Å². The summed E-state index contributed by atoms with van der Waals surface area (Å²) in [7, 11) is 0. The molecule has 0 saturated heterocycles. The average molecular weight is 363 g/mol. The van der Waals surface area contributed by atoms with Crippen LogP contribution in [0.4, 0.5) is 10.1 Å². The molecule has 3 rings (SSSR count). The van der Waals surface area contributed by atoms with Crippen LogP contribution in [-0.2, 0) is 6.54 Å². The first-order valence-corrected chi connectivity index (χ1v) is 8.90. The van der Waals surface area contributed by atoms with Crippen LogP contribution in [0, 0.1) is 11.7 Å². The maximum Gasteiger partial charge on any atom is 0.173 e. The molecule has 2 nitrogen and oxygen atoms in total. The van der Waals surface area contributed by atoms with Gasteiger partial charge in [0.2, 0.25) is 0 Å². The van der Waals surface area contributed by atoms with Gasteiger partial charge in [-0.2, -0.15) is 0 Å². The fourth-order valence-corrected chi connectivity index (χ4v) is 3.31. The number of hydrogen-bond donors (Lipinski definition) is 1. The fraction of sp³-hybridized carbons (Fsp3) is 0.316. The first kappa shape index (κ1) is 17.2. The van der Waals surface area contributed by atoms with Gasteiger partial charge in [-0.3, -0.25) is 0 Å². The highest BCUT2D eigenvalue weighted by atomic mass is 35.5. The number of nitrogens with one attached hydrogen (secondary N) is 1. The van der Waals surface area contributed by atoms with Gasteiger partial charge in [-0.15, -0.1) is 0 Å². The van der Waals surface area contributed by atoms with E-state index in [0.29, 0.717) is 22.8 Å². The molecular formula is C19H20ClFN2S. The Bertz CT molecular complexity index is 719. The SMILES string of the molecule is C[C@@H](C1CC1)N(Cc1ccccc1)C(=S)Nc1ccc(F)c(Cl)c1. The molecule has 0 heterocycles. The molecule has 24 heavy (non-hydrogen) atoms. The topological polar surface area (TPSA) is 15.3 Å². The zero-order valence-electron chi connectivity index (χ0n) is 13.5. The van der Waals surface area contributed by atoms with E-state index >= 15 is 0 Å². The van der Waals surface area contributed by atoms with Crippen LogP contribution >= 0.6 is 23.8 Å². The van der Waals surface area contributed by atoms with E-state index in [-0.39, 0.29) is 5.02 Å². The number of hydrogen-bond acceptors (Lipinski definition) is 1. The van der Waals surface area contributed by atoms with Crippen LogP contribution in [0.25, 0.3) is 0 Å². The lowest BCUT2D eigenvalue weighted by molar-refractivity contribution is 0.298. The molecule has 1 aliphatic carbocycles. The van der Waals surface area contributed by atoms with Crippen molar-refractivity contribution in [1.29, 1.82) is 0 Å². The lowest BCUT2D eigenvalue weighted by atomic mass is 10.1. The summed E-state index contributed by atoms with van der Waals surface area (Å²) in [5, 5.41) is 3.93. The summed E-state index contributed by atoms with van der Waals surface area (Å²) >= 11 is 11.5. The van der Waals surface area contributed by atoms with Gasteiger partial charge in [0.1, 0.15) is 5.82 Å². The van der Waals surface area contributed by atoms with Crippen molar-refractivity contribution in [3.05, 3.63) is 64.9 Å². The second-order valence-electron chi connectivity index (χ2n) is 6.25. The van der Waals surface area contributed by atoms with E-state index in [4.69, 9.17) is 23.8 Å². The molecule has 1 fully saturated rings. The Balaban J connectivity index is 1.76. The molecule has 5 heteroatoms. The van der Waals surface area contributed by atoms with Crippen LogP contribution in [-0.4, -0.2) is 16.1 Å². The van der Waals surface area contributed by atoms with Gasteiger partial charge >= 0.3 is 0 Å². The first-order valence-electron chi connectivity index (χ1n) is 8.11. The molecular weight excluding hydrogens is 343 g/mol. The Kier molecular flexibility index (Phi) is 5.36. The van der Waals surface area contributed by atoms with Crippen molar-refractivity contribution in [3.8, 4) is 0 Å². The van der Waals surface area contributed by atoms with Crippen molar-refractivity contribution in [2.24, 2.45) is 5.92 Å². The normalized spacial score (nSPS) is 15.0. The largest absolute Gasteiger partial charge is 0.342 e. The lowest BCUT2D eigenvalue weighted by Gasteiger charge is -2.32. The molecule has 0 amide bonds. The fourth-order valence-electron chi connectivity index (χ4n) is 2.78. The van der Waals surface area contributed by atoms with Crippen LogP contribution in [0.2, 0.25) is 5.02 Å². The molecule has 126 valence electrons. The van der Waals surface area contributed by atoms with Crippen molar-refractivity contribution < 1.29 is 4.39 Å². The van der Waals surface area contributed by atoms with Crippen LogP contribution in [0.1, 0.15) is 25.3 Å². The number of rotatable bonds is 5. The highest BCUT2D eigenvalue weighted by Crippen LogP contribution is 2.36. The number of thiocarbonyl (C=S) groups is 1. The van der Waals surface area contributed by atoms with Crippen LogP contribution in [0.5, 0.6) is 0 Å². The van der Waals surface area contributed by atoms with Crippen molar-refractivity contribution in [3.63, 3.8) is 0 Å². The third-order valence-electron chi connectivity index (χ3n) is 4.42. The minimum Gasteiger partial charge on any atom is -0.342 e. The molecule has 1 atom stereocenters. The molecule has 1 aliphatic rings. The van der Waals surface area contributed by atoms with Gasteiger partial charge < -0.3 is 10.2 Å². The minimum atomic E-state index is -0.430. The Labute approximate surface area is 152 Å². The lowest BCUT2D eigenvalue weighted by Crippen LogP contribution is -2.41.